The number of rotatable bonds is 4. The number of hydrogen-bond acceptors (Lipinski definition) is 4. The van der Waals surface area contributed by atoms with E-state index in [1.165, 1.54) is 4.90 Å². The standard InChI is InChI=1S/C20H22N4O3/c21-19(26)17-8-9-18(25)24(17)13-5-3-4-12(10-13)11-16-14-6-1-2-7-15(14)20(27)23-22-16/h3-5,10,17H,1-2,6-9,11H2,(H2,21,26)(H,23,27)/t17-/m0/s1. The Labute approximate surface area is 156 Å². The lowest BCUT2D eigenvalue weighted by Crippen LogP contribution is -2.42. The Morgan fingerprint density at radius 2 is 1.96 bits per heavy atom. The van der Waals surface area contributed by atoms with Gasteiger partial charge in [0.15, 0.2) is 0 Å². The van der Waals surface area contributed by atoms with Crippen LogP contribution in [0.5, 0.6) is 0 Å². The van der Waals surface area contributed by atoms with E-state index < -0.39 is 11.9 Å². The maximum atomic E-state index is 12.3. The second-order valence-electron chi connectivity index (χ2n) is 7.23. The summed E-state index contributed by atoms with van der Waals surface area (Å²) in [4.78, 5) is 37.5. The van der Waals surface area contributed by atoms with Crippen LogP contribution >= 0.6 is 0 Å². The maximum Gasteiger partial charge on any atom is 0.267 e. The number of fused-ring (bicyclic) bond motifs is 1. The first-order valence-electron chi connectivity index (χ1n) is 9.34. The Bertz CT molecular complexity index is 966. The lowest BCUT2D eigenvalue weighted by atomic mass is 9.90. The molecule has 2 aromatic rings. The van der Waals surface area contributed by atoms with E-state index in [4.69, 9.17) is 5.73 Å². The number of anilines is 1. The molecular formula is C20H22N4O3. The molecule has 1 atom stereocenters. The third-order valence-corrected chi connectivity index (χ3v) is 5.48. The van der Waals surface area contributed by atoms with Crippen LogP contribution in [0.1, 0.15) is 48.1 Å². The number of nitrogens with two attached hydrogens (primary N) is 1. The Hall–Kier alpha value is -2.96. The fourth-order valence-electron chi connectivity index (χ4n) is 4.16. The van der Waals surface area contributed by atoms with Crippen molar-refractivity contribution in [3.8, 4) is 0 Å². The van der Waals surface area contributed by atoms with Gasteiger partial charge in [-0.05, 0) is 55.4 Å². The van der Waals surface area contributed by atoms with Gasteiger partial charge in [0.25, 0.3) is 5.56 Å². The normalized spacial score (nSPS) is 19.2. The summed E-state index contributed by atoms with van der Waals surface area (Å²) >= 11 is 0. The molecule has 1 saturated heterocycles. The second kappa shape index (κ2) is 6.98. The van der Waals surface area contributed by atoms with Crippen LogP contribution in [-0.2, 0) is 28.9 Å². The molecule has 140 valence electrons. The molecule has 0 radical (unpaired) electrons. The first-order valence-corrected chi connectivity index (χ1v) is 9.34. The summed E-state index contributed by atoms with van der Waals surface area (Å²) in [6.45, 7) is 0. The molecule has 27 heavy (non-hydrogen) atoms. The van der Waals surface area contributed by atoms with E-state index in [9.17, 15) is 14.4 Å². The van der Waals surface area contributed by atoms with Gasteiger partial charge in [-0.1, -0.05) is 12.1 Å². The van der Waals surface area contributed by atoms with Crippen LogP contribution < -0.4 is 16.2 Å². The summed E-state index contributed by atoms with van der Waals surface area (Å²) in [7, 11) is 0. The molecule has 7 nitrogen and oxygen atoms in total. The highest BCUT2D eigenvalue weighted by Crippen LogP contribution is 2.28. The Morgan fingerprint density at radius 1 is 1.19 bits per heavy atom. The maximum absolute atomic E-state index is 12.3. The van der Waals surface area contributed by atoms with Crippen LogP contribution in [-0.4, -0.2) is 28.1 Å². The summed E-state index contributed by atoms with van der Waals surface area (Å²) in [5.74, 6) is -0.571. The minimum absolute atomic E-state index is 0.0875. The van der Waals surface area contributed by atoms with Crippen molar-refractivity contribution in [2.75, 3.05) is 4.90 Å². The molecule has 0 spiro atoms. The highest BCUT2D eigenvalue weighted by molar-refractivity contribution is 6.03. The summed E-state index contributed by atoms with van der Waals surface area (Å²) in [6.07, 6.45) is 5.10. The summed E-state index contributed by atoms with van der Waals surface area (Å²) < 4.78 is 0. The van der Waals surface area contributed by atoms with Crippen molar-refractivity contribution in [2.24, 2.45) is 5.73 Å². The van der Waals surface area contributed by atoms with E-state index in [0.717, 1.165) is 48.1 Å². The van der Waals surface area contributed by atoms with Crippen molar-refractivity contribution in [2.45, 2.75) is 51.0 Å². The predicted octanol–water partition coefficient (Wildman–Crippen LogP) is 1.22. The third kappa shape index (κ3) is 3.25. The molecule has 7 heteroatoms. The van der Waals surface area contributed by atoms with E-state index in [1.807, 2.05) is 24.3 Å². The zero-order valence-electron chi connectivity index (χ0n) is 15.0. The van der Waals surface area contributed by atoms with Crippen molar-refractivity contribution in [3.63, 3.8) is 0 Å². The summed E-state index contributed by atoms with van der Waals surface area (Å²) in [5.41, 5.74) is 9.81. The van der Waals surface area contributed by atoms with E-state index in [2.05, 4.69) is 10.2 Å². The molecular weight excluding hydrogens is 344 g/mol. The molecule has 1 aliphatic carbocycles. The molecule has 2 amide bonds. The van der Waals surface area contributed by atoms with E-state index >= 15 is 0 Å². The van der Waals surface area contributed by atoms with Gasteiger partial charge in [0.05, 0.1) is 5.69 Å². The van der Waals surface area contributed by atoms with Crippen LogP contribution in [0.15, 0.2) is 29.1 Å². The van der Waals surface area contributed by atoms with Gasteiger partial charge in [-0.2, -0.15) is 5.10 Å². The number of aromatic amines is 1. The topological polar surface area (TPSA) is 109 Å². The SMILES string of the molecule is NC(=O)[C@@H]1CCC(=O)N1c1cccc(Cc2n[nH]c(=O)c3c2CCCC3)c1. The van der Waals surface area contributed by atoms with Gasteiger partial charge in [0, 0.05) is 24.1 Å². The number of nitrogens with one attached hydrogen (secondary N) is 1. The minimum atomic E-state index is -0.591. The quantitative estimate of drug-likeness (QED) is 0.848. The Kier molecular flexibility index (Phi) is 4.51. The van der Waals surface area contributed by atoms with Crippen LogP contribution in [0, 0.1) is 0 Å². The molecule has 0 saturated carbocycles. The summed E-state index contributed by atoms with van der Waals surface area (Å²) in [6, 6.07) is 6.96. The van der Waals surface area contributed by atoms with Crippen LogP contribution in [0.25, 0.3) is 0 Å². The Morgan fingerprint density at radius 3 is 2.74 bits per heavy atom. The minimum Gasteiger partial charge on any atom is -0.368 e. The number of carbonyl (C=O) groups is 2. The van der Waals surface area contributed by atoms with E-state index in [0.29, 0.717) is 24.9 Å². The second-order valence-corrected chi connectivity index (χ2v) is 7.23. The molecule has 1 aliphatic heterocycles. The van der Waals surface area contributed by atoms with Crippen LogP contribution in [0.3, 0.4) is 0 Å². The first-order chi connectivity index (χ1) is 13.0. The number of primary amides is 1. The highest BCUT2D eigenvalue weighted by atomic mass is 16.2. The summed E-state index contributed by atoms with van der Waals surface area (Å²) in [5, 5.41) is 6.90. The molecule has 2 aliphatic rings. The van der Waals surface area contributed by atoms with E-state index in [-0.39, 0.29) is 11.5 Å². The highest BCUT2D eigenvalue weighted by Gasteiger charge is 2.35. The largest absolute Gasteiger partial charge is 0.368 e. The molecule has 3 N–H and O–H groups in total. The fourth-order valence-corrected chi connectivity index (χ4v) is 4.16. The van der Waals surface area contributed by atoms with Gasteiger partial charge >= 0.3 is 0 Å². The molecule has 4 rings (SSSR count). The number of benzene rings is 1. The predicted molar refractivity (Wildman–Crippen MR) is 100 cm³/mol. The van der Waals surface area contributed by atoms with Crippen LogP contribution in [0.4, 0.5) is 5.69 Å². The van der Waals surface area contributed by atoms with Gasteiger partial charge in [-0.25, -0.2) is 5.10 Å². The average Bonchev–Trinajstić information content (AvgIpc) is 3.06. The molecule has 1 aromatic carbocycles. The Balaban J connectivity index is 1.65. The lowest BCUT2D eigenvalue weighted by Gasteiger charge is -2.23. The number of H-pyrrole nitrogens is 1. The zero-order chi connectivity index (χ0) is 19.0. The van der Waals surface area contributed by atoms with E-state index in [1.54, 1.807) is 0 Å². The van der Waals surface area contributed by atoms with Crippen molar-refractivity contribution >= 4 is 17.5 Å². The lowest BCUT2D eigenvalue weighted by molar-refractivity contribution is -0.121. The van der Waals surface area contributed by atoms with Crippen LogP contribution in [0.2, 0.25) is 0 Å². The van der Waals surface area contributed by atoms with Crippen molar-refractivity contribution < 1.29 is 9.59 Å². The van der Waals surface area contributed by atoms with Gasteiger partial charge in [0.1, 0.15) is 6.04 Å². The smallest absolute Gasteiger partial charge is 0.267 e. The van der Waals surface area contributed by atoms with Crippen molar-refractivity contribution in [1.29, 1.82) is 0 Å². The number of hydrogen-bond donors (Lipinski definition) is 2. The van der Waals surface area contributed by atoms with Gasteiger partial charge in [-0.15, -0.1) is 0 Å². The molecule has 2 heterocycles. The first kappa shape index (κ1) is 17.5. The average molecular weight is 366 g/mol. The molecule has 1 aromatic heterocycles. The van der Waals surface area contributed by atoms with Gasteiger partial charge in [0.2, 0.25) is 11.8 Å². The molecule has 0 bridgehead atoms. The third-order valence-electron chi connectivity index (χ3n) is 5.48. The molecule has 0 unspecified atom stereocenters. The fraction of sp³-hybridized carbons (Fsp3) is 0.400. The number of nitrogens with zero attached hydrogens (tertiary/aromatic N) is 2. The monoisotopic (exact) mass is 366 g/mol. The van der Waals surface area contributed by atoms with Crippen molar-refractivity contribution in [3.05, 3.63) is 57.0 Å². The number of amides is 2. The van der Waals surface area contributed by atoms with Gasteiger partial charge < -0.3 is 5.73 Å². The number of aromatic nitrogens is 2. The van der Waals surface area contributed by atoms with Gasteiger partial charge in [-0.3, -0.25) is 19.3 Å². The van der Waals surface area contributed by atoms with Crippen molar-refractivity contribution in [1.82, 2.24) is 10.2 Å². The number of carbonyl (C=O) groups excluding carboxylic acids is 2. The molecule has 1 fully saturated rings. The zero-order valence-corrected chi connectivity index (χ0v) is 15.0.